The molecule has 1 unspecified atom stereocenters. The van der Waals surface area contributed by atoms with E-state index in [0.29, 0.717) is 12.0 Å². The quantitative estimate of drug-likeness (QED) is 0.396. The minimum atomic E-state index is 0. The van der Waals surface area contributed by atoms with E-state index in [0.717, 1.165) is 30.1 Å². The van der Waals surface area contributed by atoms with Gasteiger partial charge in [0.25, 0.3) is 0 Å². The minimum Gasteiger partial charge on any atom is -0.371 e. The maximum Gasteiger partial charge on any atom is 0.191 e. The zero-order chi connectivity index (χ0) is 14.7. The van der Waals surface area contributed by atoms with Gasteiger partial charge >= 0.3 is 0 Å². The van der Waals surface area contributed by atoms with Crippen molar-refractivity contribution in [3.63, 3.8) is 0 Å². The molecule has 1 saturated heterocycles. The van der Waals surface area contributed by atoms with Crippen molar-refractivity contribution in [2.75, 3.05) is 31.6 Å². The molecule has 0 spiro atoms. The Kier molecular flexibility index (Phi) is 6.80. The van der Waals surface area contributed by atoms with E-state index in [1.54, 1.807) is 0 Å². The molecule has 4 nitrogen and oxygen atoms in total. The van der Waals surface area contributed by atoms with E-state index < -0.39 is 0 Å². The van der Waals surface area contributed by atoms with Gasteiger partial charge in [0.2, 0.25) is 0 Å². The smallest absolute Gasteiger partial charge is 0.191 e. The second-order valence-corrected chi connectivity index (χ2v) is 6.86. The van der Waals surface area contributed by atoms with Crippen molar-refractivity contribution in [3.8, 4) is 0 Å². The van der Waals surface area contributed by atoms with Gasteiger partial charge in [-0.3, -0.25) is 4.99 Å². The minimum absolute atomic E-state index is 0. The zero-order valence-corrected chi connectivity index (χ0v) is 16.8. The van der Waals surface area contributed by atoms with Gasteiger partial charge in [0.1, 0.15) is 0 Å². The van der Waals surface area contributed by atoms with Crippen LogP contribution in [-0.2, 0) is 0 Å². The van der Waals surface area contributed by atoms with Crippen molar-refractivity contribution in [3.05, 3.63) is 28.7 Å². The summed E-state index contributed by atoms with van der Waals surface area (Å²) in [6.07, 6.45) is 3.80. The van der Waals surface area contributed by atoms with Crippen molar-refractivity contribution >= 4 is 51.6 Å². The number of halogens is 2. The molecule has 0 amide bonds. The molecule has 6 heteroatoms. The van der Waals surface area contributed by atoms with Gasteiger partial charge in [-0.2, -0.15) is 0 Å². The lowest BCUT2D eigenvalue weighted by Crippen LogP contribution is -2.41. The number of aliphatic imine (C=N–C) groups is 1. The van der Waals surface area contributed by atoms with Crippen LogP contribution in [0, 0.1) is 5.92 Å². The van der Waals surface area contributed by atoms with Crippen molar-refractivity contribution in [1.82, 2.24) is 10.6 Å². The highest BCUT2D eigenvalue weighted by Gasteiger charge is 2.25. The van der Waals surface area contributed by atoms with Gasteiger partial charge in [0.15, 0.2) is 5.96 Å². The van der Waals surface area contributed by atoms with E-state index in [-0.39, 0.29) is 24.0 Å². The Morgan fingerprint density at radius 1 is 1.27 bits per heavy atom. The molecule has 22 heavy (non-hydrogen) atoms. The fourth-order valence-electron chi connectivity index (χ4n) is 2.74. The summed E-state index contributed by atoms with van der Waals surface area (Å²) >= 11 is 3.49. The summed E-state index contributed by atoms with van der Waals surface area (Å²) in [6.45, 7) is 3.26. The summed E-state index contributed by atoms with van der Waals surface area (Å²) in [4.78, 5) is 6.76. The molecule has 1 saturated carbocycles. The molecule has 1 heterocycles. The number of hydrogen-bond acceptors (Lipinski definition) is 2. The van der Waals surface area contributed by atoms with E-state index in [9.17, 15) is 0 Å². The lowest BCUT2D eigenvalue weighted by molar-refractivity contribution is 0.565. The number of rotatable bonds is 4. The summed E-state index contributed by atoms with van der Waals surface area (Å²) in [5.74, 6) is 1.64. The van der Waals surface area contributed by atoms with Gasteiger partial charge in [-0.1, -0.05) is 15.9 Å². The Labute approximate surface area is 158 Å². The van der Waals surface area contributed by atoms with Gasteiger partial charge in [0.05, 0.1) is 0 Å². The first-order chi connectivity index (χ1) is 10.2. The van der Waals surface area contributed by atoms with Crippen molar-refractivity contribution in [1.29, 1.82) is 0 Å². The number of hydrogen-bond donors (Lipinski definition) is 2. The summed E-state index contributed by atoms with van der Waals surface area (Å²) in [6, 6.07) is 9.25. The van der Waals surface area contributed by atoms with Crippen LogP contribution in [0.1, 0.15) is 19.3 Å². The number of guanidine groups is 1. The maximum absolute atomic E-state index is 4.29. The van der Waals surface area contributed by atoms with Crippen LogP contribution in [0.5, 0.6) is 0 Å². The maximum atomic E-state index is 4.29. The van der Waals surface area contributed by atoms with Gasteiger partial charge in [-0.15, -0.1) is 24.0 Å². The predicted molar refractivity (Wildman–Crippen MR) is 107 cm³/mol. The van der Waals surface area contributed by atoms with Crippen LogP contribution in [0.15, 0.2) is 33.7 Å². The summed E-state index contributed by atoms with van der Waals surface area (Å²) < 4.78 is 1.14. The van der Waals surface area contributed by atoms with E-state index in [1.165, 1.54) is 24.9 Å². The van der Waals surface area contributed by atoms with Crippen LogP contribution in [0.25, 0.3) is 0 Å². The lowest BCUT2D eigenvalue weighted by atomic mass is 10.1. The molecule has 1 aromatic carbocycles. The van der Waals surface area contributed by atoms with E-state index in [2.05, 4.69) is 60.7 Å². The molecule has 2 fully saturated rings. The second-order valence-electron chi connectivity index (χ2n) is 5.95. The molecular weight excluding hydrogens is 455 g/mol. The third-order valence-corrected chi connectivity index (χ3v) is 4.71. The normalized spacial score (nSPS) is 21.5. The fraction of sp³-hybridized carbons (Fsp3) is 0.562. The summed E-state index contributed by atoms with van der Waals surface area (Å²) in [5, 5.41) is 6.90. The average Bonchev–Trinajstić information content (AvgIpc) is 3.19. The highest BCUT2D eigenvalue weighted by molar-refractivity contribution is 14.0. The average molecular weight is 479 g/mol. The van der Waals surface area contributed by atoms with E-state index in [1.807, 2.05) is 7.05 Å². The molecule has 0 aromatic heterocycles. The molecular formula is C16H24BrIN4. The van der Waals surface area contributed by atoms with Crippen LogP contribution >= 0.6 is 39.9 Å². The molecule has 1 atom stereocenters. The third kappa shape index (κ3) is 5.01. The molecule has 2 N–H and O–H groups in total. The number of benzene rings is 1. The first-order valence-electron chi connectivity index (χ1n) is 7.72. The molecule has 3 rings (SSSR count). The Balaban J connectivity index is 0.00000176. The number of nitrogens with zero attached hydrogens (tertiary/aromatic N) is 2. The highest BCUT2D eigenvalue weighted by Crippen LogP contribution is 2.25. The third-order valence-electron chi connectivity index (χ3n) is 4.18. The Morgan fingerprint density at radius 3 is 2.64 bits per heavy atom. The highest BCUT2D eigenvalue weighted by atomic mass is 127. The van der Waals surface area contributed by atoms with Gasteiger partial charge in [0, 0.05) is 42.9 Å². The standard InChI is InChI=1S/C16H23BrN4.HI/c1-18-16(20-14-4-5-14)19-10-12-8-9-21(11-12)15-6-2-13(17)3-7-15;/h2-3,6-7,12,14H,4-5,8-11H2,1H3,(H2,18,19,20);1H. The fourth-order valence-corrected chi connectivity index (χ4v) is 3.01. The molecule has 2 aliphatic rings. The molecule has 122 valence electrons. The van der Waals surface area contributed by atoms with E-state index >= 15 is 0 Å². The zero-order valence-electron chi connectivity index (χ0n) is 12.9. The van der Waals surface area contributed by atoms with Crippen molar-refractivity contribution in [2.24, 2.45) is 10.9 Å². The van der Waals surface area contributed by atoms with Crippen LogP contribution in [0.3, 0.4) is 0 Å². The number of anilines is 1. The predicted octanol–water partition coefficient (Wildman–Crippen LogP) is 3.22. The van der Waals surface area contributed by atoms with Crippen LogP contribution in [0.4, 0.5) is 5.69 Å². The topological polar surface area (TPSA) is 39.7 Å². The lowest BCUT2D eigenvalue weighted by Gasteiger charge is -2.19. The van der Waals surface area contributed by atoms with Crippen LogP contribution in [-0.4, -0.2) is 38.7 Å². The van der Waals surface area contributed by atoms with E-state index in [4.69, 9.17) is 0 Å². The Bertz CT molecular complexity index is 501. The molecule has 0 radical (unpaired) electrons. The monoisotopic (exact) mass is 478 g/mol. The largest absolute Gasteiger partial charge is 0.371 e. The van der Waals surface area contributed by atoms with Gasteiger partial charge in [-0.25, -0.2) is 0 Å². The van der Waals surface area contributed by atoms with Crippen LogP contribution < -0.4 is 15.5 Å². The molecule has 1 aliphatic heterocycles. The molecule has 0 bridgehead atoms. The summed E-state index contributed by atoms with van der Waals surface area (Å²) in [7, 11) is 1.85. The second kappa shape index (κ2) is 8.38. The van der Waals surface area contributed by atoms with Crippen molar-refractivity contribution in [2.45, 2.75) is 25.3 Å². The van der Waals surface area contributed by atoms with Crippen LogP contribution in [0.2, 0.25) is 0 Å². The van der Waals surface area contributed by atoms with Crippen molar-refractivity contribution < 1.29 is 0 Å². The Morgan fingerprint density at radius 2 is 2.00 bits per heavy atom. The number of nitrogens with one attached hydrogen (secondary N) is 2. The SMILES string of the molecule is CN=C(NCC1CCN(c2ccc(Br)cc2)C1)NC1CC1.I. The first-order valence-corrected chi connectivity index (χ1v) is 8.51. The summed E-state index contributed by atoms with van der Waals surface area (Å²) in [5.41, 5.74) is 1.32. The Hall–Kier alpha value is -0.500. The van der Waals surface area contributed by atoms with Gasteiger partial charge in [-0.05, 0) is 49.4 Å². The van der Waals surface area contributed by atoms with Gasteiger partial charge < -0.3 is 15.5 Å². The molecule has 1 aliphatic carbocycles. The first kappa shape index (κ1) is 17.8. The molecule has 1 aromatic rings.